The van der Waals surface area contributed by atoms with Gasteiger partial charge < -0.3 is 24.3 Å². The van der Waals surface area contributed by atoms with Gasteiger partial charge in [0.25, 0.3) is 0 Å². The molecule has 0 aromatic heterocycles. The Kier molecular flexibility index (Phi) is 4.63. The molecule has 3 atom stereocenters. The van der Waals surface area contributed by atoms with E-state index in [-0.39, 0.29) is 12.1 Å². The molecule has 0 amide bonds. The van der Waals surface area contributed by atoms with Crippen molar-refractivity contribution in [3.05, 3.63) is 23.8 Å². The van der Waals surface area contributed by atoms with Crippen molar-refractivity contribution < 1.29 is 18.9 Å². The van der Waals surface area contributed by atoms with Crippen molar-refractivity contribution in [3.8, 4) is 11.5 Å². The molecule has 21 heavy (non-hydrogen) atoms. The summed E-state index contributed by atoms with van der Waals surface area (Å²) in [6.45, 7) is 5.43. The average molecular weight is 293 g/mol. The number of benzene rings is 1. The van der Waals surface area contributed by atoms with Crippen LogP contribution < -0.4 is 14.8 Å². The van der Waals surface area contributed by atoms with Crippen LogP contribution in [0.2, 0.25) is 0 Å². The summed E-state index contributed by atoms with van der Waals surface area (Å²) in [5.74, 6) is 2.03. The molecule has 1 fully saturated rings. The molecular weight excluding hydrogens is 270 g/mol. The summed E-state index contributed by atoms with van der Waals surface area (Å²) in [5.41, 5.74) is 1.13. The van der Waals surface area contributed by atoms with Crippen LogP contribution in [0.5, 0.6) is 11.5 Å². The van der Waals surface area contributed by atoms with Crippen LogP contribution in [-0.2, 0) is 9.47 Å². The monoisotopic (exact) mass is 293 g/mol. The Labute approximate surface area is 125 Å². The SMILES string of the molecule is CNC(c1ccc2c(c1)OCC(C)CO2)C1COCCO1. The fraction of sp³-hybridized carbons (Fsp3) is 0.625. The summed E-state index contributed by atoms with van der Waals surface area (Å²) in [4.78, 5) is 0. The first-order valence-electron chi connectivity index (χ1n) is 7.54. The second kappa shape index (κ2) is 6.64. The highest BCUT2D eigenvalue weighted by Crippen LogP contribution is 2.34. The van der Waals surface area contributed by atoms with Gasteiger partial charge >= 0.3 is 0 Å². The van der Waals surface area contributed by atoms with E-state index in [9.17, 15) is 0 Å². The fourth-order valence-corrected chi connectivity index (χ4v) is 2.73. The Morgan fingerprint density at radius 3 is 2.62 bits per heavy atom. The lowest BCUT2D eigenvalue weighted by Gasteiger charge is -2.30. The maximum absolute atomic E-state index is 5.86. The van der Waals surface area contributed by atoms with Gasteiger partial charge in [-0.1, -0.05) is 13.0 Å². The van der Waals surface area contributed by atoms with Gasteiger partial charge in [0.15, 0.2) is 11.5 Å². The largest absolute Gasteiger partial charge is 0.489 e. The Hall–Kier alpha value is -1.30. The molecule has 2 heterocycles. The van der Waals surface area contributed by atoms with E-state index in [1.165, 1.54) is 0 Å². The van der Waals surface area contributed by atoms with Gasteiger partial charge in [-0.05, 0) is 24.7 Å². The highest BCUT2D eigenvalue weighted by Gasteiger charge is 2.26. The Morgan fingerprint density at radius 1 is 1.10 bits per heavy atom. The molecule has 1 aromatic rings. The lowest BCUT2D eigenvalue weighted by molar-refractivity contribution is -0.101. The van der Waals surface area contributed by atoms with Crippen molar-refractivity contribution in [1.82, 2.24) is 5.32 Å². The lowest BCUT2D eigenvalue weighted by atomic mass is 10.0. The van der Waals surface area contributed by atoms with E-state index in [4.69, 9.17) is 18.9 Å². The van der Waals surface area contributed by atoms with E-state index in [2.05, 4.69) is 18.3 Å². The van der Waals surface area contributed by atoms with Crippen molar-refractivity contribution in [2.24, 2.45) is 5.92 Å². The molecule has 1 saturated heterocycles. The molecule has 5 heteroatoms. The van der Waals surface area contributed by atoms with Gasteiger partial charge in [-0.2, -0.15) is 0 Å². The predicted molar refractivity (Wildman–Crippen MR) is 79.0 cm³/mol. The first-order chi connectivity index (χ1) is 10.3. The molecule has 0 spiro atoms. The number of hydrogen-bond donors (Lipinski definition) is 1. The van der Waals surface area contributed by atoms with Gasteiger partial charge in [-0.3, -0.25) is 0 Å². The lowest BCUT2D eigenvalue weighted by Crippen LogP contribution is -2.39. The average Bonchev–Trinajstić information content (AvgIpc) is 2.71. The Bertz CT molecular complexity index is 473. The summed E-state index contributed by atoms with van der Waals surface area (Å²) < 4.78 is 23.0. The number of likely N-dealkylation sites (N-methyl/N-ethyl adjacent to an activating group) is 1. The maximum Gasteiger partial charge on any atom is 0.161 e. The summed E-state index contributed by atoms with van der Waals surface area (Å²) in [6.07, 6.45) is 0.0208. The van der Waals surface area contributed by atoms with Crippen molar-refractivity contribution in [2.75, 3.05) is 40.1 Å². The summed E-state index contributed by atoms with van der Waals surface area (Å²) in [6, 6.07) is 6.18. The molecule has 3 rings (SSSR count). The molecule has 2 aliphatic rings. The number of fused-ring (bicyclic) bond motifs is 1. The third kappa shape index (κ3) is 3.31. The number of ether oxygens (including phenoxy) is 4. The van der Waals surface area contributed by atoms with Crippen LogP contribution >= 0.6 is 0 Å². The van der Waals surface area contributed by atoms with Gasteiger partial charge in [0.2, 0.25) is 0 Å². The van der Waals surface area contributed by atoms with E-state index in [1.807, 2.05) is 19.2 Å². The van der Waals surface area contributed by atoms with Crippen LogP contribution in [0.1, 0.15) is 18.5 Å². The zero-order valence-electron chi connectivity index (χ0n) is 12.6. The van der Waals surface area contributed by atoms with E-state index < -0.39 is 0 Å². The topological polar surface area (TPSA) is 49.0 Å². The van der Waals surface area contributed by atoms with Crippen LogP contribution in [0.25, 0.3) is 0 Å². The minimum Gasteiger partial charge on any atom is -0.489 e. The van der Waals surface area contributed by atoms with Crippen LogP contribution in [-0.4, -0.2) is 46.2 Å². The minimum atomic E-state index is 0.0208. The quantitative estimate of drug-likeness (QED) is 0.920. The van der Waals surface area contributed by atoms with Gasteiger partial charge in [0.05, 0.1) is 39.1 Å². The fourth-order valence-electron chi connectivity index (χ4n) is 2.73. The standard InChI is InChI=1S/C16H23NO4/c1-11-8-20-13-4-3-12(7-14(13)21-9-11)16(17-2)15-10-18-5-6-19-15/h3-4,7,11,15-17H,5-6,8-10H2,1-2H3. The normalized spacial score (nSPS) is 27.0. The molecule has 5 nitrogen and oxygen atoms in total. The van der Waals surface area contributed by atoms with E-state index in [0.29, 0.717) is 39.0 Å². The van der Waals surface area contributed by atoms with E-state index in [0.717, 1.165) is 17.1 Å². The number of nitrogens with one attached hydrogen (secondary N) is 1. The van der Waals surface area contributed by atoms with Gasteiger partial charge in [-0.15, -0.1) is 0 Å². The second-order valence-corrected chi connectivity index (χ2v) is 5.68. The molecule has 3 unspecified atom stereocenters. The van der Waals surface area contributed by atoms with E-state index >= 15 is 0 Å². The van der Waals surface area contributed by atoms with Crippen LogP contribution in [0.4, 0.5) is 0 Å². The Morgan fingerprint density at radius 2 is 1.90 bits per heavy atom. The predicted octanol–water partition coefficient (Wildman–Crippen LogP) is 1.77. The van der Waals surface area contributed by atoms with Crippen molar-refractivity contribution >= 4 is 0 Å². The zero-order valence-corrected chi connectivity index (χ0v) is 12.6. The highest BCUT2D eigenvalue weighted by molar-refractivity contribution is 5.44. The van der Waals surface area contributed by atoms with Crippen LogP contribution in [0.3, 0.4) is 0 Å². The smallest absolute Gasteiger partial charge is 0.161 e. The highest BCUT2D eigenvalue weighted by atomic mass is 16.6. The molecule has 0 saturated carbocycles. The molecular formula is C16H23NO4. The molecule has 0 radical (unpaired) electrons. The van der Waals surface area contributed by atoms with Gasteiger partial charge in [0.1, 0.15) is 6.10 Å². The van der Waals surface area contributed by atoms with Crippen molar-refractivity contribution in [1.29, 1.82) is 0 Å². The van der Waals surface area contributed by atoms with Gasteiger partial charge in [0, 0.05) is 5.92 Å². The Balaban J connectivity index is 1.81. The zero-order chi connectivity index (χ0) is 14.7. The summed E-state index contributed by atoms with van der Waals surface area (Å²) in [5, 5.41) is 3.32. The van der Waals surface area contributed by atoms with Crippen molar-refractivity contribution in [3.63, 3.8) is 0 Å². The number of rotatable bonds is 3. The first-order valence-corrected chi connectivity index (χ1v) is 7.54. The summed E-state index contributed by atoms with van der Waals surface area (Å²) in [7, 11) is 1.94. The number of hydrogen-bond acceptors (Lipinski definition) is 5. The van der Waals surface area contributed by atoms with Crippen LogP contribution in [0.15, 0.2) is 18.2 Å². The second-order valence-electron chi connectivity index (χ2n) is 5.68. The summed E-state index contributed by atoms with van der Waals surface area (Å²) >= 11 is 0. The van der Waals surface area contributed by atoms with E-state index in [1.54, 1.807) is 0 Å². The first kappa shape index (κ1) is 14.6. The molecule has 0 bridgehead atoms. The maximum atomic E-state index is 5.86. The third-order valence-electron chi connectivity index (χ3n) is 3.90. The molecule has 0 aliphatic carbocycles. The molecule has 1 N–H and O–H groups in total. The molecule has 116 valence electrons. The third-order valence-corrected chi connectivity index (χ3v) is 3.90. The van der Waals surface area contributed by atoms with Crippen LogP contribution in [0, 0.1) is 5.92 Å². The molecule has 1 aromatic carbocycles. The van der Waals surface area contributed by atoms with Crippen molar-refractivity contribution in [2.45, 2.75) is 19.1 Å². The molecule has 2 aliphatic heterocycles. The minimum absolute atomic E-state index is 0.0208. The van der Waals surface area contributed by atoms with Gasteiger partial charge in [-0.25, -0.2) is 0 Å².